The molecule has 1 saturated carbocycles. The van der Waals surface area contributed by atoms with Gasteiger partial charge >= 0.3 is 6.08 Å². The van der Waals surface area contributed by atoms with E-state index >= 15 is 0 Å². The zero-order chi connectivity index (χ0) is 17.7. The van der Waals surface area contributed by atoms with E-state index in [1.807, 2.05) is 20.8 Å². The van der Waals surface area contributed by atoms with Crippen LogP contribution in [0.2, 0.25) is 0 Å². The molecule has 0 N–H and O–H groups in total. The van der Waals surface area contributed by atoms with Crippen molar-refractivity contribution >= 4 is 18.0 Å². The highest BCUT2D eigenvalue weighted by Crippen LogP contribution is 2.31. The van der Waals surface area contributed by atoms with E-state index in [4.69, 9.17) is 9.25 Å². The highest BCUT2D eigenvalue weighted by atomic mass is 32.2. The summed E-state index contributed by atoms with van der Waals surface area (Å²) in [4.78, 5) is 9.59. The van der Waals surface area contributed by atoms with Crippen LogP contribution in [0.3, 0.4) is 0 Å². The number of oxazole rings is 1. The Morgan fingerprint density at radius 3 is 2.67 bits per heavy atom. The molecule has 1 aromatic heterocycles. The average molecular weight is 362 g/mol. The minimum Gasteiger partial charge on any atom is -0.430 e. The van der Waals surface area contributed by atoms with Gasteiger partial charge in [-0.25, -0.2) is 9.37 Å². The van der Waals surface area contributed by atoms with Gasteiger partial charge in [0, 0.05) is 17.6 Å². The summed E-state index contributed by atoms with van der Waals surface area (Å²) in [7, 11) is 0. The van der Waals surface area contributed by atoms with Crippen molar-refractivity contribution in [1.82, 2.24) is 4.98 Å². The van der Waals surface area contributed by atoms with Crippen molar-refractivity contribution in [2.75, 3.05) is 12.4 Å². The minimum atomic E-state index is -2.28. The van der Waals surface area contributed by atoms with Crippen molar-refractivity contribution in [3.63, 3.8) is 0 Å². The number of thioether (sulfide) groups is 1. The summed E-state index contributed by atoms with van der Waals surface area (Å²) in [5.74, 6) is -0.222. The summed E-state index contributed by atoms with van der Waals surface area (Å²) in [5.41, 5.74) is 0.410. The lowest BCUT2D eigenvalue weighted by molar-refractivity contribution is 0.135. The molecule has 1 aliphatic carbocycles. The lowest BCUT2D eigenvalue weighted by Gasteiger charge is -2.14. The molecule has 1 fully saturated rings. The van der Waals surface area contributed by atoms with Crippen LogP contribution >= 0.6 is 11.8 Å². The lowest BCUT2D eigenvalue weighted by Crippen LogP contribution is -2.14. The van der Waals surface area contributed by atoms with Gasteiger partial charge in [-0.2, -0.15) is 8.78 Å². The Bertz CT molecular complexity index is 615. The Labute approximate surface area is 143 Å². The van der Waals surface area contributed by atoms with Crippen molar-refractivity contribution in [2.45, 2.75) is 50.7 Å². The van der Waals surface area contributed by atoms with Crippen molar-refractivity contribution < 1.29 is 22.4 Å². The zero-order valence-electron chi connectivity index (χ0n) is 13.9. The van der Waals surface area contributed by atoms with Gasteiger partial charge in [0.1, 0.15) is 12.8 Å². The van der Waals surface area contributed by atoms with Crippen LogP contribution in [0, 0.1) is 5.92 Å². The van der Waals surface area contributed by atoms with E-state index in [9.17, 15) is 13.2 Å². The van der Waals surface area contributed by atoms with Crippen LogP contribution in [-0.2, 0) is 10.3 Å². The molecule has 0 spiro atoms. The number of rotatable bonds is 8. The molecule has 8 heteroatoms. The summed E-state index contributed by atoms with van der Waals surface area (Å²) < 4.78 is 42.5. The number of halogens is 3. The van der Waals surface area contributed by atoms with Gasteiger partial charge in [0.05, 0.1) is 5.69 Å². The molecular weight excluding hydrogens is 341 g/mol. The number of nitrogens with zero attached hydrogens (tertiary/aromatic N) is 2. The van der Waals surface area contributed by atoms with E-state index in [2.05, 4.69) is 10.1 Å². The fourth-order valence-corrected chi connectivity index (χ4v) is 2.60. The summed E-state index contributed by atoms with van der Waals surface area (Å²) >= 11 is 1.08. The Kier molecular flexibility index (Phi) is 6.37. The van der Waals surface area contributed by atoms with Crippen LogP contribution in [0.4, 0.5) is 13.2 Å². The fraction of sp³-hybridized carbons (Fsp3) is 0.625. The van der Waals surface area contributed by atoms with Crippen molar-refractivity contribution in [3.05, 3.63) is 23.4 Å². The number of hydrogen-bond acceptors (Lipinski definition) is 5. The van der Waals surface area contributed by atoms with Crippen LogP contribution in [0.25, 0.3) is 0 Å². The number of aromatic nitrogens is 1. The standard InChI is InChI=1S/C16H21F3N2O2S/c1-16(2,3)13-12(8-20-22-9-10-4-5-10)23-15(21-13)24-7-6-11(17)14(18)19/h8,10H,4-7,9H2,1-3H3/b20-8+. The third kappa shape index (κ3) is 5.89. The predicted octanol–water partition coefficient (Wildman–Crippen LogP) is 5.29. The molecule has 0 atom stereocenters. The first-order valence-electron chi connectivity index (χ1n) is 7.76. The van der Waals surface area contributed by atoms with Gasteiger partial charge in [0.25, 0.3) is 5.22 Å². The fourth-order valence-electron chi connectivity index (χ4n) is 1.84. The quantitative estimate of drug-likeness (QED) is 0.358. The Morgan fingerprint density at radius 2 is 2.08 bits per heavy atom. The molecule has 0 aromatic carbocycles. The van der Waals surface area contributed by atoms with Crippen molar-refractivity contribution in [3.8, 4) is 0 Å². The molecule has 1 aliphatic rings. The molecule has 4 nitrogen and oxygen atoms in total. The molecule has 0 amide bonds. The van der Waals surface area contributed by atoms with Crippen LogP contribution in [0.1, 0.15) is 51.5 Å². The van der Waals surface area contributed by atoms with Crippen LogP contribution in [-0.4, -0.2) is 23.6 Å². The molecular formula is C16H21F3N2O2S. The second kappa shape index (κ2) is 8.09. The summed E-state index contributed by atoms with van der Waals surface area (Å²) in [5, 5.41) is 4.21. The third-order valence-electron chi connectivity index (χ3n) is 3.35. The molecule has 24 heavy (non-hydrogen) atoms. The van der Waals surface area contributed by atoms with Crippen molar-refractivity contribution in [2.24, 2.45) is 11.1 Å². The maximum Gasteiger partial charge on any atom is 0.301 e. The normalized spacial score (nSPS) is 15.1. The summed E-state index contributed by atoms with van der Waals surface area (Å²) in [6.07, 6.45) is 1.18. The molecule has 0 radical (unpaired) electrons. The lowest BCUT2D eigenvalue weighted by atomic mass is 9.91. The minimum absolute atomic E-state index is 0.113. The maximum absolute atomic E-state index is 12.8. The topological polar surface area (TPSA) is 47.6 Å². The monoisotopic (exact) mass is 362 g/mol. The highest BCUT2D eigenvalue weighted by Gasteiger charge is 2.25. The molecule has 0 bridgehead atoms. The maximum atomic E-state index is 12.8. The number of hydrogen-bond donors (Lipinski definition) is 0. The molecule has 134 valence electrons. The predicted molar refractivity (Wildman–Crippen MR) is 87.2 cm³/mol. The van der Waals surface area contributed by atoms with E-state index in [1.54, 1.807) is 0 Å². The second-order valence-electron chi connectivity index (χ2n) is 6.68. The van der Waals surface area contributed by atoms with E-state index in [0.717, 1.165) is 11.8 Å². The Balaban J connectivity index is 1.99. The summed E-state index contributed by atoms with van der Waals surface area (Å²) in [6.45, 7) is 6.52. The zero-order valence-corrected chi connectivity index (χ0v) is 14.8. The second-order valence-corrected chi connectivity index (χ2v) is 7.73. The molecule has 0 saturated heterocycles. The molecule has 0 aliphatic heterocycles. The Hall–Kier alpha value is -1.44. The van der Waals surface area contributed by atoms with Gasteiger partial charge in [-0.05, 0) is 18.8 Å². The highest BCUT2D eigenvalue weighted by molar-refractivity contribution is 7.99. The molecule has 1 heterocycles. The first kappa shape index (κ1) is 18.9. The first-order chi connectivity index (χ1) is 11.3. The average Bonchev–Trinajstić information content (AvgIpc) is 3.21. The smallest absolute Gasteiger partial charge is 0.301 e. The summed E-state index contributed by atoms with van der Waals surface area (Å²) in [6, 6.07) is 0. The van der Waals surface area contributed by atoms with Gasteiger partial charge in [-0.3, -0.25) is 0 Å². The molecule has 2 rings (SSSR count). The number of allylic oxidation sites excluding steroid dienone is 1. The van der Waals surface area contributed by atoms with Gasteiger partial charge in [-0.1, -0.05) is 37.7 Å². The van der Waals surface area contributed by atoms with Crippen LogP contribution in [0.5, 0.6) is 0 Å². The van der Waals surface area contributed by atoms with E-state index in [0.29, 0.717) is 29.2 Å². The SMILES string of the molecule is CC(C)(C)c1nc(SCCC(F)=C(F)F)oc1/C=N/OCC1CC1. The molecule has 0 unspecified atom stereocenters. The van der Waals surface area contributed by atoms with E-state index in [-0.39, 0.29) is 17.6 Å². The van der Waals surface area contributed by atoms with Gasteiger partial charge < -0.3 is 9.25 Å². The van der Waals surface area contributed by atoms with Crippen LogP contribution < -0.4 is 0 Å². The van der Waals surface area contributed by atoms with E-state index in [1.165, 1.54) is 19.1 Å². The van der Waals surface area contributed by atoms with E-state index < -0.39 is 11.9 Å². The number of oxime groups is 1. The van der Waals surface area contributed by atoms with Gasteiger partial charge in [0.15, 0.2) is 11.6 Å². The van der Waals surface area contributed by atoms with Crippen molar-refractivity contribution in [1.29, 1.82) is 0 Å². The van der Waals surface area contributed by atoms with Gasteiger partial charge in [-0.15, -0.1) is 0 Å². The molecule has 1 aromatic rings. The Morgan fingerprint density at radius 1 is 1.38 bits per heavy atom. The van der Waals surface area contributed by atoms with Gasteiger partial charge in [0.2, 0.25) is 0 Å². The van der Waals surface area contributed by atoms with Crippen LogP contribution in [0.15, 0.2) is 26.7 Å². The third-order valence-corrected chi connectivity index (χ3v) is 4.18. The first-order valence-corrected chi connectivity index (χ1v) is 8.75. The largest absolute Gasteiger partial charge is 0.430 e.